The largest absolute Gasteiger partial charge is 0.467 e. The van der Waals surface area contributed by atoms with Gasteiger partial charge in [0.15, 0.2) is 11.6 Å². The Bertz CT molecular complexity index is 1030. The summed E-state index contributed by atoms with van der Waals surface area (Å²) in [7, 11) is 0. The number of amides is 1. The third kappa shape index (κ3) is 3.98. The molecule has 3 heterocycles. The van der Waals surface area contributed by atoms with Crippen molar-refractivity contribution in [3.05, 3.63) is 66.8 Å². The molecule has 7 heteroatoms. The summed E-state index contributed by atoms with van der Waals surface area (Å²) in [6, 6.07) is 14.9. The lowest BCUT2D eigenvalue weighted by atomic mass is 10.2. The van der Waals surface area contributed by atoms with Gasteiger partial charge in [0.1, 0.15) is 11.6 Å². The Kier molecular flexibility index (Phi) is 4.82. The number of fused-ring (bicyclic) bond motifs is 1. The standard InChI is InChI=1S/C20H18N4O3/c25-18(22-13-14-5-3-11-26-14)9-10-21-19-15-6-1-2-7-16(15)23-20(24-19)17-8-4-12-27-17/h1-8,11-12H,9-10,13H2,(H,22,25)(H,21,23,24). The molecule has 0 saturated heterocycles. The molecule has 0 unspecified atom stereocenters. The Morgan fingerprint density at radius 3 is 2.63 bits per heavy atom. The summed E-state index contributed by atoms with van der Waals surface area (Å²) in [5, 5.41) is 6.95. The average Bonchev–Trinajstić information content (AvgIpc) is 3.40. The van der Waals surface area contributed by atoms with Crippen molar-refractivity contribution in [1.82, 2.24) is 15.3 Å². The van der Waals surface area contributed by atoms with E-state index in [1.165, 1.54) is 0 Å². The van der Waals surface area contributed by atoms with Gasteiger partial charge in [0.2, 0.25) is 5.91 Å². The predicted molar refractivity (Wildman–Crippen MR) is 101 cm³/mol. The molecule has 4 rings (SSSR count). The van der Waals surface area contributed by atoms with Crippen LogP contribution >= 0.6 is 0 Å². The lowest BCUT2D eigenvalue weighted by molar-refractivity contribution is -0.121. The van der Waals surface area contributed by atoms with Crippen molar-refractivity contribution in [2.45, 2.75) is 13.0 Å². The fourth-order valence-electron chi connectivity index (χ4n) is 2.71. The monoisotopic (exact) mass is 362 g/mol. The maximum atomic E-state index is 12.0. The van der Waals surface area contributed by atoms with Gasteiger partial charge in [-0.1, -0.05) is 12.1 Å². The first-order chi connectivity index (χ1) is 13.3. The number of furan rings is 2. The van der Waals surface area contributed by atoms with E-state index >= 15 is 0 Å². The average molecular weight is 362 g/mol. The van der Waals surface area contributed by atoms with Crippen LogP contribution in [0.2, 0.25) is 0 Å². The highest BCUT2D eigenvalue weighted by molar-refractivity contribution is 5.90. The van der Waals surface area contributed by atoms with E-state index in [2.05, 4.69) is 20.6 Å². The van der Waals surface area contributed by atoms with Gasteiger partial charge in [-0.15, -0.1) is 0 Å². The predicted octanol–water partition coefficient (Wildman–Crippen LogP) is 3.60. The Morgan fingerprint density at radius 1 is 0.963 bits per heavy atom. The number of carbonyl (C=O) groups is 1. The molecule has 136 valence electrons. The summed E-state index contributed by atoms with van der Waals surface area (Å²) in [4.78, 5) is 21.1. The van der Waals surface area contributed by atoms with E-state index in [0.717, 1.165) is 16.7 Å². The van der Waals surface area contributed by atoms with Gasteiger partial charge in [0.25, 0.3) is 0 Å². The Morgan fingerprint density at radius 2 is 1.81 bits per heavy atom. The zero-order valence-electron chi connectivity index (χ0n) is 14.5. The summed E-state index contributed by atoms with van der Waals surface area (Å²) >= 11 is 0. The number of carbonyl (C=O) groups excluding carboxylic acids is 1. The quantitative estimate of drug-likeness (QED) is 0.522. The third-order valence-electron chi connectivity index (χ3n) is 4.03. The first kappa shape index (κ1) is 16.8. The van der Waals surface area contributed by atoms with Crippen LogP contribution in [-0.2, 0) is 11.3 Å². The van der Waals surface area contributed by atoms with E-state index in [4.69, 9.17) is 8.83 Å². The van der Waals surface area contributed by atoms with Crippen LogP contribution in [0.5, 0.6) is 0 Å². The number of aromatic nitrogens is 2. The Hall–Kier alpha value is -3.61. The molecule has 0 radical (unpaired) electrons. The minimum atomic E-state index is -0.0662. The van der Waals surface area contributed by atoms with Gasteiger partial charge in [-0.3, -0.25) is 4.79 Å². The van der Waals surface area contributed by atoms with Crippen molar-refractivity contribution in [3.63, 3.8) is 0 Å². The molecule has 0 fully saturated rings. The molecular formula is C20H18N4O3. The number of hydrogen-bond acceptors (Lipinski definition) is 6. The summed E-state index contributed by atoms with van der Waals surface area (Å²) in [6.07, 6.45) is 3.49. The second kappa shape index (κ2) is 7.74. The molecule has 0 aliphatic rings. The van der Waals surface area contributed by atoms with Gasteiger partial charge in [-0.2, -0.15) is 0 Å². The van der Waals surface area contributed by atoms with Gasteiger partial charge in [-0.25, -0.2) is 9.97 Å². The summed E-state index contributed by atoms with van der Waals surface area (Å²) in [6.45, 7) is 0.827. The van der Waals surface area contributed by atoms with Crippen molar-refractivity contribution in [2.24, 2.45) is 0 Å². The van der Waals surface area contributed by atoms with Crippen LogP contribution in [0.4, 0.5) is 5.82 Å². The number of nitrogens with one attached hydrogen (secondary N) is 2. The second-order valence-electron chi connectivity index (χ2n) is 5.92. The van der Waals surface area contributed by atoms with Gasteiger partial charge >= 0.3 is 0 Å². The molecule has 0 bridgehead atoms. The SMILES string of the molecule is O=C(CCNc1nc(-c2ccco2)nc2ccccc12)NCc1ccco1. The van der Waals surface area contributed by atoms with Gasteiger partial charge in [0, 0.05) is 18.4 Å². The highest BCUT2D eigenvalue weighted by Gasteiger charge is 2.11. The van der Waals surface area contributed by atoms with Crippen LogP contribution in [0.3, 0.4) is 0 Å². The fraction of sp³-hybridized carbons (Fsp3) is 0.150. The Labute approximate surface area is 155 Å². The number of rotatable bonds is 7. The smallest absolute Gasteiger partial charge is 0.222 e. The topological polar surface area (TPSA) is 93.2 Å². The van der Waals surface area contributed by atoms with Crippen molar-refractivity contribution in [3.8, 4) is 11.6 Å². The highest BCUT2D eigenvalue weighted by atomic mass is 16.3. The van der Waals surface area contributed by atoms with E-state index in [-0.39, 0.29) is 5.91 Å². The third-order valence-corrected chi connectivity index (χ3v) is 4.03. The molecule has 7 nitrogen and oxygen atoms in total. The number of nitrogens with zero attached hydrogens (tertiary/aromatic N) is 2. The van der Waals surface area contributed by atoms with Crippen LogP contribution in [-0.4, -0.2) is 22.4 Å². The molecule has 1 aromatic carbocycles. The van der Waals surface area contributed by atoms with E-state index in [9.17, 15) is 4.79 Å². The summed E-state index contributed by atoms with van der Waals surface area (Å²) in [5.41, 5.74) is 0.809. The molecular weight excluding hydrogens is 344 g/mol. The van der Waals surface area contributed by atoms with E-state index in [0.29, 0.717) is 36.9 Å². The van der Waals surface area contributed by atoms with Gasteiger partial charge < -0.3 is 19.5 Å². The first-order valence-electron chi connectivity index (χ1n) is 8.63. The van der Waals surface area contributed by atoms with Crippen molar-refractivity contribution in [1.29, 1.82) is 0 Å². The fourth-order valence-corrected chi connectivity index (χ4v) is 2.71. The molecule has 2 N–H and O–H groups in total. The zero-order valence-corrected chi connectivity index (χ0v) is 14.5. The zero-order chi connectivity index (χ0) is 18.5. The number of anilines is 1. The molecule has 1 amide bonds. The van der Waals surface area contributed by atoms with Crippen LogP contribution in [0.25, 0.3) is 22.5 Å². The lowest BCUT2D eigenvalue weighted by Crippen LogP contribution is -2.24. The number of benzene rings is 1. The minimum absolute atomic E-state index is 0.0662. The van der Waals surface area contributed by atoms with Crippen molar-refractivity contribution >= 4 is 22.6 Å². The molecule has 0 saturated carbocycles. The molecule has 0 atom stereocenters. The van der Waals surface area contributed by atoms with Crippen LogP contribution < -0.4 is 10.6 Å². The second-order valence-corrected chi connectivity index (χ2v) is 5.92. The number of para-hydroxylation sites is 1. The Balaban J connectivity index is 1.44. The maximum absolute atomic E-state index is 12.0. The highest BCUT2D eigenvalue weighted by Crippen LogP contribution is 2.25. The molecule has 3 aromatic heterocycles. The van der Waals surface area contributed by atoms with E-state index in [1.54, 1.807) is 24.7 Å². The first-order valence-corrected chi connectivity index (χ1v) is 8.63. The number of hydrogen-bond donors (Lipinski definition) is 2. The van der Waals surface area contributed by atoms with Gasteiger partial charge in [0.05, 0.1) is 24.6 Å². The normalized spacial score (nSPS) is 10.8. The molecule has 0 spiro atoms. The molecule has 0 aliphatic heterocycles. The summed E-state index contributed by atoms with van der Waals surface area (Å²) < 4.78 is 10.6. The van der Waals surface area contributed by atoms with E-state index < -0.39 is 0 Å². The maximum Gasteiger partial charge on any atom is 0.222 e. The molecule has 0 aliphatic carbocycles. The van der Waals surface area contributed by atoms with Crippen molar-refractivity contribution < 1.29 is 13.6 Å². The van der Waals surface area contributed by atoms with Crippen LogP contribution in [0.1, 0.15) is 12.2 Å². The van der Waals surface area contributed by atoms with Gasteiger partial charge in [-0.05, 0) is 36.4 Å². The lowest BCUT2D eigenvalue weighted by Gasteiger charge is -2.10. The molecule has 27 heavy (non-hydrogen) atoms. The summed E-state index contributed by atoms with van der Waals surface area (Å²) in [5.74, 6) is 2.43. The minimum Gasteiger partial charge on any atom is -0.467 e. The molecule has 4 aromatic rings. The van der Waals surface area contributed by atoms with E-state index in [1.807, 2.05) is 36.4 Å². The van der Waals surface area contributed by atoms with Crippen LogP contribution in [0, 0.1) is 0 Å². The van der Waals surface area contributed by atoms with Crippen molar-refractivity contribution in [2.75, 3.05) is 11.9 Å². The van der Waals surface area contributed by atoms with Crippen LogP contribution in [0.15, 0.2) is 69.9 Å².